The molecule has 3 nitrogen and oxygen atoms in total. The Hall–Kier alpha value is -1.61. The lowest BCUT2D eigenvalue weighted by Crippen LogP contribution is -2.47. The molecular formula is C17H22N2O. The summed E-state index contributed by atoms with van der Waals surface area (Å²) in [5, 5.41) is 1.04. The minimum atomic E-state index is -0.0375. The number of nitrogens with zero attached hydrogens (tertiary/aromatic N) is 1. The van der Waals surface area contributed by atoms with Crippen LogP contribution in [0.4, 0.5) is 0 Å². The zero-order chi connectivity index (χ0) is 14.1. The zero-order valence-electron chi connectivity index (χ0n) is 12.2. The highest BCUT2D eigenvalue weighted by Gasteiger charge is 2.29. The van der Waals surface area contributed by atoms with Gasteiger partial charge in [-0.2, -0.15) is 0 Å². The second kappa shape index (κ2) is 5.41. The number of H-pyrrole nitrogens is 1. The Labute approximate surface area is 120 Å². The zero-order valence-corrected chi connectivity index (χ0v) is 12.2. The van der Waals surface area contributed by atoms with Gasteiger partial charge in [-0.25, -0.2) is 0 Å². The van der Waals surface area contributed by atoms with E-state index in [-0.39, 0.29) is 11.8 Å². The van der Waals surface area contributed by atoms with Gasteiger partial charge in [0.15, 0.2) is 5.78 Å². The van der Waals surface area contributed by atoms with Crippen LogP contribution < -0.4 is 0 Å². The number of Topliss-reactive ketones (excluding diaryl/α,β-unsaturated/α-hetero) is 1. The van der Waals surface area contributed by atoms with E-state index in [4.69, 9.17) is 0 Å². The Kier molecular flexibility index (Phi) is 3.62. The van der Waals surface area contributed by atoms with E-state index in [2.05, 4.69) is 16.8 Å². The lowest BCUT2D eigenvalue weighted by atomic mass is 9.97. The van der Waals surface area contributed by atoms with Crippen molar-refractivity contribution in [3.05, 3.63) is 36.0 Å². The number of para-hydroxylation sites is 1. The molecule has 1 aliphatic rings. The Bertz CT molecular complexity index is 616. The fourth-order valence-electron chi connectivity index (χ4n) is 3.35. The van der Waals surface area contributed by atoms with Crippen LogP contribution in [0.25, 0.3) is 10.9 Å². The van der Waals surface area contributed by atoms with Gasteiger partial charge in [-0.1, -0.05) is 24.6 Å². The second-order valence-corrected chi connectivity index (χ2v) is 5.87. The molecule has 1 aliphatic heterocycles. The van der Waals surface area contributed by atoms with Crippen molar-refractivity contribution in [2.45, 2.75) is 45.2 Å². The molecule has 0 spiro atoms. The summed E-state index contributed by atoms with van der Waals surface area (Å²) in [6, 6.07) is 8.48. The predicted molar refractivity (Wildman–Crippen MR) is 82.1 cm³/mol. The first-order chi connectivity index (χ1) is 9.68. The third kappa shape index (κ3) is 2.27. The Balaban J connectivity index is 1.88. The van der Waals surface area contributed by atoms with Crippen LogP contribution in [0.5, 0.6) is 0 Å². The minimum absolute atomic E-state index is 0.0375. The third-order valence-electron chi connectivity index (χ3n) is 4.59. The first-order valence-corrected chi connectivity index (χ1v) is 7.54. The van der Waals surface area contributed by atoms with E-state index < -0.39 is 0 Å². The number of carbonyl (C=O) groups is 1. The van der Waals surface area contributed by atoms with Crippen LogP contribution in [0, 0.1) is 0 Å². The molecule has 0 amide bonds. The van der Waals surface area contributed by atoms with Gasteiger partial charge in [-0.15, -0.1) is 0 Å². The number of hydrogen-bond donors (Lipinski definition) is 1. The van der Waals surface area contributed by atoms with Gasteiger partial charge in [0.1, 0.15) is 0 Å². The number of aromatic nitrogens is 1. The van der Waals surface area contributed by atoms with Crippen LogP contribution in [0.3, 0.4) is 0 Å². The number of fused-ring (bicyclic) bond motifs is 1. The molecule has 106 valence electrons. The summed E-state index contributed by atoms with van der Waals surface area (Å²) in [6.45, 7) is 5.32. The van der Waals surface area contributed by atoms with Crippen LogP contribution in [0.2, 0.25) is 0 Å². The quantitative estimate of drug-likeness (QED) is 0.865. The number of likely N-dealkylation sites (tertiary alicyclic amines) is 1. The van der Waals surface area contributed by atoms with Gasteiger partial charge in [0, 0.05) is 28.7 Å². The number of rotatable bonds is 3. The molecule has 1 fully saturated rings. The predicted octanol–water partition coefficient (Wildman–Crippen LogP) is 3.61. The summed E-state index contributed by atoms with van der Waals surface area (Å²) in [7, 11) is 0. The van der Waals surface area contributed by atoms with Crippen LogP contribution in [0.1, 0.15) is 43.5 Å². The van der Waals surface area contributed by atoms with E-state index in [0.717, 1.165) is 23.0 Å². The molecule has 20 heavy (non-hydrogen) atoms. The molecule has 0 unspecified atom stereocenters. The molecule has 0 radical (unpaired) electrons. The number of piperidine rings is 1. The topological polar surface area (TPSA) is 36.1 Å². The van der Waals surface area contributed by atoms with Gasteiger partial charge in [0.05, 0.1) is 6.04 Å². The van der Waals surface area contributed by atoms with Crippen LogP contribution in [0.15, 0.2) is 30.5 Å². The van der Waals surface area contributed by atoms with Crippen molar-refractivity contribution in [3.8, 4) is 0 Å². The summed E-state index contributed by atoms with van der Waals surface area (Å²) in [6.07, 6.45) is 5.55. The van der Waals surface area contributed by atoms with E-state index in [1.165, 1.54) is 19.3 Å². The highest BCUT2D eigenvalue weighted by Crippen LogP contribution is 2.24. The summed E-state index contributed by atoms with van der Waals surface area (Å²) in [5.41, 5.74) is 1.86. The van der Waals surface area contributed by atoms with Crippen molar-refractivity contribution in [2.24, 2.45) is 0 Å². The van der Waals surface area contributed by atoms with Crippen LogP contribution in [-0.4, -0.2) is 34.3 Å². The molecule has 0 aliphatic carbocycles. The summed E-state index contributed by atoms with van der Waals surface area (Å²) >= 11 is 0. The number of carbonyl (C=O) groups excluding carboxylic acids is 1. The standard InChI is InChI=1S/C17H22N2O/c1-12-7-5-6-10-19(12)13(2)17(20)15-11-18-16-9-4-3-8-14(15)16/h3-4,8-9,11-13,18H,5-7,10H2,1-2H3/t12-,13-/m0/s1. The third-order valence-corrected chi connectivity index (χ3v) is 4.59. The maximum Gasteiger partial charge on any atom is 0.181 e. The molecule has 1 saturated heterocycles. The van der Waals surface area contributed by atoms with Crippen molar-refractivity contribution >= 4 is 16.7 Å². The van der Waals surface area contributed by atoms with E-state index in [0.29, 0.717) is 6.04 Å². The summed E-state index contributed by atoms with van der Waals surface area (Å²) < 4.78 is 0. The smallest absolute Gasteiger partial charge is 0.181 e. The molecular weight excluding hydrogens is 248 g/mol. The molecule has 0 bridgehead atoms. The maximum atomic E-state index is 12.8. The van der Waals surface area contributed by atoms with E-state index in [1.54, 1.807) is 0 Å². The lowest BCUT2D eigenvalue weighted by Gasteiger charge is -2.37. The van der Waals surface area contributed by atoms with Gasteiger partial charge in [-0.3, -0.25) is 9.69 Å². The molecule has 1 N–H and O–H groups in total. The van der Waals surface area contributed by atoms with E-state index >= 15 is 0 Å². The molecule has 1 aromatic heterocycles. The Morgan fingerprint density at radius 2 is 2.15 bits per heavy atom. The number of benzene rings is 1. The number of nitrogens with one attached hydrogen (secondary N) is 1. The Morgan fingerprint density at radius 1 is 1.35 bits per heavy atom. The molecule has 1 aromatic carbocycles. The fraction of sp³-hybridized carbons (Fsp3) is 0.471. The highest BCUT2D eigenvalue weighted by atomic mass is 16.1. The maximum absolute atomic E-state index is 12.8. The van der Waals surface area contributed by atoms with Gasteiger partial charge in [0.2, 0.25) is 0 Å². The molecule has 3 heteroatoms. The summed E-state index contributed by atoms with van der Waals surface area (Å²) in [4.78, 5) is 18.4. The summed E-state index contributed by atoms with van der Waals surface area (Å²) in [5.74, 6) is 0.233. The first kappa shape index (κ1) is 13.4. The average molecular weight is 270 g/mol. The Morgan fingerprint density at radius 3 is 2.95 bits per heavy atom. The van der Waals surface area contributed by atoms with Gasteiger partial charge in [0.25, 0.3) is 0 Å². The van der Waals surface area contributed by atoms with Gasteiger partial charge in [-0.05, 0) is 39.3 Å². The van der Waals surface area contributed by atoms with Crippen LogP contribution in [-0.2, 0) is 0 Å². The number of ketones is 1. The van der Waals surface area contributed by atoms with Gasteiger partial charge >= 0.3 is 0 Å². The van der Waals surface area contributed by atoms with Crippen molar-refractivity contribution in [2.75, 3.05) is 6.54 Å². The van der Waals surface area contributed by atoms with Crippen molar-refractivity contribution in [1.29, 1.82) is 0 Å². The van der Waals surface area contributed by atoms with Crippen LogP contribution >= 0.6 is 0 Å². The molecule has 3 rings (SSSR count). The van der Waals surface area contributed by atoms with Crippen molar-refractivity contribution in [1.82, 2.24) is 9.88 Å². The molecule has 2 heterocycles. The van der Waals surface area contributed by atoms with Crippen molar-refractivity contribution < 1.29 is 4.79 Å². The highest BCUT2D eigenvalue weighted by molar-refractivity contribution is 6.10. The van der Waals surface area contributed by atoms with Crippen molar-refractivity contribution in [3.63, 3.8) is 0 Å². The molecule has 0 saturated carbocycles. The lowest BCUT2D eigenvalue weighted by molar-refractivity contribution is 0.0703. The minimum Gasteiger partial charge on any atom is -0.360 e. The van der Waals surface area contributed by atoms with Gasteiger partial charge < -0.3 is 4.98 Å². The monoisotopic (exact) mass is 270 g/mol. The molecule has 2 atom stereocenters. The fourth-order valence-corrected chi connectivity index (χ4v) is 3.35. The number of hydrogen-bond acceptors (Lipinski definition) is 2. The average Bonchev–Trinajstić information content (AvgIpc) is 2.90. The second-order valence-electron chi connectivity index (χ2n) is 5.87. The normalized spacial score (nSPS) is 22.0. The number of aromatic amines is 1. The SMILES string of the molecule is C[C@H]1CCCCN1[C@@H](C)C(=O)c1c[nH]c2ccccc12. The van der Waals surface area contributed by atoms with E-state index in [9.17, 15) is 4.79 Å². The molecule has 2 aromatic rings. The largest absolute Gasteiger partial charge is 0.360 e. The first-order valence-electron chi connectivity index (χ1n) is 7.54. The van der Waals surface area contributed by atoms with E-state index in [1.807, 2.05) is 37.4 Å².